The van der Waals surface area contributed by atoms with E-state index >= 15 is 0 Å². The van der Waals surface area contributed by atoms with Crippen molar-refractivity contribution in [3.63, 3.8) is 0 Å². The van der Waals surface area contributed by atoms with Crippen molar-refractivity contribution in [3.05, 3.63) is 23.5 Å². The van der Waals surface area contributed by atoms with E-state index in [0.717, 1.165) is 6.07 Å². The minimum absolute atomic E-state index is 0.169. The molecular formula is C8H9FO3. The highest BCUT2D eigenvalue weighted by Gasteiger charge is 2.10. The van der Waals surface area contributed by atoms with Crippen molar-refractivity contribution in [1.29, 1.82) is 0 Å². The van der Waals surface area contributed by atoms with E-state index < -0.39 is 17.3 Å². The number of hydrogen-bond acceptors (Lipinski definition) is 3. The van der Waals surface area contributed by atoms with Gasteiger partial charge in [0, 0.05) is 6.61 Å². The van der Waals surface area contributed by atoms with E-state index in [0.29, 0.717) is 0 Å². The second-order valence-corrected chi connectivity index (χ2v) is 2.38. The number of halogens is 1. The molecule has 0 aliphatic carbocycles. The highest BCUT2D eigenvalue weighted by atomic mass is 19.1. The molecule has 0 unspecified atom stereocenters. The van der Waals surface area contributed by atoms with E-state index in [1.807, 2.05) is 0 Å². The first kappa shape index (κ1) is 8.80. The van der Waals surface area contributed by atoms with Gasteiger partial charge in [-0.15, -0.1) is 0 Å². The third-order valence-electron chi connectivity index (χ3n) is 1.56. The highest BCUT2D eigenvalue weighted by molar-refractivity contribution is 5.40. The average Bonchev–Trinajstić information content (AvgIpc) is 2.07. The molecule has 0 saturated heterocycles. The third kappa shape index (κ3) is 1.48. The molecule has 1 aromatic rings. The van der Waals surface area contributed by atoms with Gasteiger partial charge in [0.15, 0.2) is 11.5 Å². The summed E-state index contributed by atoms with van der Waals surface area (Å²) in [5.74, 6) is -2.22. The number of aromatic hydroxyl groups is 2. The van der Waals surface area contributed by atoms with Crippen LogP contribution in [0.2, 0.25) is 0 Å². The van der Waals surface area contributed by atoms with Crippen LogP contribution >= 0.6 is 0 Å². The van der Waals surface area contributed by atoms with Crippen molar-refractivity contribution in [1.82, 2.24) is 0 Å². The lowest BCUT2D eigenvalue weighted by molar-refractivity contribution is 0.296. The first-order valence-electron chi connectivity index (χ1n) is 3.47. The molecule has 0 fully saturated rings. The molecule has 0 spiro atoms. The second kappa shape index (κ2) is 3.40. The fourth-order valence-electron chi connectivity index (χ4n) is 0.916. The average molecular weight is 172 g/mol. The number of aliphatic hydroxyl groups excluding tert-OH is 1. The van der Waals surface area contributed by atoms with E-state index in [1.54, 1.807) is 0 Å². The molecule has 66 valence electrons. The van der Waals surface area contributed by atoms with Crippen LogP contribution in [0.1, 0.15) is 5.56 Å². The summed E-state index contributed by atoms with van der Waals surface area (Å²) in [6.07, 6.45) is 0.170. The normalized spacial score (nSPS) is 10.2. The first-order chi connectivity index (χ1) is 5.66. The molecule has 0 bridgehead atoms. The Morgan fingerprint density at radius 3 is 2.50 bits per heavy atom. The van der Waals surface area contributed by atoms with Crippen LogP contribution < -0.4 is 0 Å². The standard InChI is InChI=1S/C8H9FO3/c9-7-6(11)2-1-5(3-4-10)8(7)12/h1-2,10-12H,3-4H2. The van der Waals surface area contributed by atoms with Gasteiger partial charge >= 0.3 is 0 Å². The number of benzene rings is 1. The lowest BCUT2D eigenvalue weighted by Gasteiger charge is -2.04. The fraction of sp³-hybridized carbons (Fsp3) is 0.250. The van der Waals surface area contributed by atoms with Gasteiger partial charge in [0.2, 0.25) is 5.82 Å². The van der Waals surface area contributed by atoms with Crippen molar-refractivity contribution in [2.45, 2.75) is 6.42 Å². The molecule has 0 aliphatic heterocycles. The maximum Gasteiger partial charge on any atom is 0.206 e. The van der Waals surface area contributed by atoms with Crippen LogP contribution in [0.3, 0.4) is 0 Å². The molecule has 3 nitrogen and oxygen atoms in total. The molecule has 12 heavy (non-hydrogen) atoms. The molecule has 0 heterocycles. The summed E-state index contributed by atoms with van der Waals surface area (Å²) in [4.78, 5) is 0. The Balaban J connectivity index is 3.08. The predicted octanol–water partition coefficient (Wildman–Crippen LogP) is 0.772. The summed E-state index contributed by atoms with van der Waals surface area (Å²) < 4.78 is 12.7. The van der Waals surface area contributed by atoms with Crippen molar-refractivity contribution < 1.29 is 19.7 Å². The van der Waals surface area contributed by atoms with Crippen LogP contribution in [0.25, 0.3) is 0 Å². The van der Waals surface area contributed by atoms with Gasteiger partial charge in [-0.05, 0) is 18.1 Å². The zero-order valence-electron chi connectivity index (χ0n) is 6.29. The molecular weight excluding hydrogens is 163 g/mol. The van der Waals surface area contributed by atoms with Crippen LogP contribution in [0.4, 0.5) is 4.39 Å². The van der Waals surface area contributed by atoms with Crippen molar-refractivity contribution >= 4 is 0 Å². The van der Waals surface area contributed by atoms with Gasteiger partial charge in [-0.3, -0.25) is 0 Å². The Kier molecular flexibility index (Phi) is 2.50. The molecule has 0 radical (unpaired) electrons. The Labute approximate surface area is 68.7 Å². The number of rotatable bonds is 2. The maximum absolute atomic E-state index is 12.7. The molecule has 0 aliphatic rings. The van der Waals surface area contributed by atoms with E-state index in [4.69, 9.17) is 15.3 Å². The summed E-state index contributed by atoms with van der Waals surface area (Å²) in [7, 11) is 0. The van der Waals surface area contributed by atoms with E-state index in [9.17, 15) is 4.39 Å². The smallest absolute Gasteiger partial charge is 0.206 e. The van der Waals surface area contributed by atoms with Gasteiger partial charge < -0.3 is 15.3 Å². The predicted molar refractivity (Wildman–Crippen MR) is 40.5 cm³/mol. The van der Waals surface area contributed by atoms with Gasteiger partial charge in [0.25, 0.3) is 0 Å². The van der Waals surface area contributed by atoms with Crippen molar-refractivity contribution in [2.24, 2.45) is 0 Å². The van der Waals surface area contributed by atoms with E-state index in [1.165, 1.54) is 6.07 Å². The number of aliphatic hydroxyl groups is 1. The van der Waals surface area contributed by atoms with Crippen molar-refractivity contribution in [3.8, 4) is 11.5 Å². The Morgan fingerprint density at radius 2 is 1.92 bits per heavy atom. The zero-order valence-corrected chi connectivity index (χ0v) is 6.29. The van der Waals surface area contributed by atoms with Crippen molar-refractivity contribution in [2.75, 3.05) is 6.61 Å². The van der Waals surface area contributed by atoms with Crippen LogP contribution in [-0.4, -0.2) is 21.9 Å². The van der Waals surface area contributed by atoms with Gasteiger partial charge in [-0.2, -0.15) is 4.39 Å². The SMILES string of the molecule is OCCc1ccc(O)c(F)c1O. The zero-order chi connectivity index (χ0) is 9.14. The molecule has 3 N–H and O–H groups in total. The molecule has 0 amide bonds. The number of phenolic OH excluding ortho intramolecular Hbond substituents is 2. The Morgan fingerprint density at radius 1 is 1.25 bits per heavy atom. The summed E-state index contributed by atoms with van der Waals surface area (Å²) in [6.45, 7) is -0.169. The third-order valence-corrected chi connectivity index (χ3v) is 1.56. The minimum Gasteiger partial charge on any atom is -0.505 e. The lowest BCUT2D eigenvalue weighted by Crippen LogP contribution is -1.92. The summed E-state index contributed by atoms with van der Waals surface area (Å²) >= 11 is 0. The summed E-state index contributed by atoms with van der Waals surface area (Å²) in [5, 5.41) is 26.4. The largest absolute Gasteiger partial charge is 0.505 e. The highest BCUT2D eigenvalue weighted by Crippen LogP contribution is 2.28. The Bertz CT molecular complexity index is 286. The molecule has 1 aromatic carbocycles. The van der Waals surface area contributed by atoms with Gasteiger partial charge in [0.1, 0.15) is 0 Å². The molecule has 1 rings (SSSR count). The Hall–Kier alpha value is -1.29. The van der Waals surface area contributed by atoms with E-state index in [2.05, 4.69) is 0 Å². The van der Waals surface area contributed by atoms with Gasteiger partial charge in [-0.1, -0.05) is 6.07 Å². The monoisotopic (exact) mass is 172 g/mol. The maximum atomic E-state index is 12.7. The number of phenols is 2. The molecule has 0 atom stereocenters. The second-order valence-electron chi connectivity index (χ2n) is 2.38. The quantitative estimate of drug-likeness (QED) is 0.617. The van der Waals surface area contributed by atoms with E-state index in [-0.39, 0.29) is 18.6 Å². The fourth-order valence-corrected chi connectivity index (χ4v) is 0.916. The van der Waals surface area contributed by atoms with Crippen LogP contribution in [0.15, 0.2) is 12.1 Å². The molecule has 4 heteroatoms. The first-order valence-corrected chi connectivity index (χ1v) is 3.47. The number of hydrogen-bond donors (Lipinski definition) is 3. The van der Waals surface area contributed by atoms with Gasteiger partial charge in [-0.25, -0.2) is 0 Å². The summed E-state index contributed by atoms with van der Waals surface area (Å²) in [6, 6.07) is 2.50. The molecule has 0 aromatic heterocycles. The topological polar surface area (TPSA) is 60.7 Å². The summed E-state index contributed by atoms with van der Waals surface area (Å²) in [5.41, 5.74) is 0.285. The van der Waals surface area contributed by atoms with Gasteiger partial charge in [0.05, 0.1) is 0 Å². The minimum atomic E-state index is -1.04. The molecule has 0 saturated carbocycles. The van der Waals surface area contributed by atoms with Crippen LogP contribution in [-0.2, 0) is 6.42 Å². The van der Waals surface area contributed by atoms with Crippen LogP contribution in [0, 0.1) is 5.82 Å². The van der Waals surface area contributed by atoms with Crippen LogP contribution in [0.5, 0.6) is 11.5 Å². The lowest BCUT2D eigenvalue weighted by atomic mass is 10.1.